The van der Waals surface area contributed by atoms with E-state index in [9.17, 15) is 4.79 Å². The van der Waals surface area contributed by atoms with E-state index in [0.717, 1.165) is 0 Å². The van der Waals surface area contributed by atoms with Gasteiger partial charge in [-0.25, -0.2) is 0 Å². The number of phenols is 1. The average Bonchev–Trinajstić information content (AvgIpc) is 2.03. The summed E-state index contributed by atoms with van der Waals surface area (Å²) in [5.74, 6) is -1.11. The molecule has 0 aliphatic heterocycles. The van der Waals surface area contributed by atoms with Gasteiger partial charge in [0, 0.05) is 0 Å². The third kappa shape index (κ3) is 1.89. The van der Waals surface area contributed by atoms with Gasteiger partial charge in [-0.15, -0.1) is 11.6 Å². The molecule has 3 nitrogen and oxygen atoms in total. The smallest absolute Gasteiger partial charge is 0.326 e. The molecule has 12 heavy (non-hydrogen) atoms. The van der Waals surface area contributed by atoms with Crippen LogP contribution in [0.1, 0.15) is 10.9 Å². The number of halogens is 1. The minimum Gasteiger partial charge on any atom is -0.508 e. The monoisotopic (exact) mass is 186 g/mol. The molecular formula is C8H7ClO3. The molecule has 0 aliphatic rings. The number of carboxylic acid groups (broad SMARTS) is 1. The Hall–Kier alpha value is -1.22. The van der Waals surface area contributed by atoms with Crippen LogP contribution in [-0.4, -0.2) is 16.2 Å². The van der Waals surface area contributed by atoms with Gasteiger partial charge in [-0.3, -0.25) is 4.79 Å². The number of hydrogen-bond acceptors (Lipinski definition) is 2. The summed E-state index contributed by atoms with van der Waals surface area (Å²) in [5, 5.41) is 16.4. The Morgan fingerprint density at radius 2 is 2.17 bits per heavy atom. The van der Waals surface area contributed by atoms with E-state index in [1.807, 2.05) is 0 Å². The second-order valence-corrected chi connectivity index (χ2v) is 2.73. The van der Waals surface area contributed by atoms with E-state index in [1.165, 1.54) is 12.1 Å². The van der Waals surface area contributed by atoms with Gasteiger partial charge in [0.25, 0.3) is 0 Å². The predicted octanol–water partition coefficient (Wildman–Crippen LogP) is 1.76. The molecule has 1 aromatic carbocycles. The summed E-state index contributed by atoms with van der Waals surface area (Å²) in [7, 11) is 0. The largest absolute Gasteiger partial charge is 0.508 e. The fourth-order valence-corrected chi connectivity index (χ4v) is 0.961. The van der Waals surface area contributed by atoms with E-state index in [-0.39, 0.29) is 5.75 Å². The quantitative estimate of drug-likeness (QED) is 0.692. The van der Waals surface area contributed by atoms with Crippen molar-refractivity contribution in [1.82, 2.24) is 0 Å². The molecular weight excluding hydrogens is 180 g/mol. The van der Waals surface area contributed by atoms with Gasteiger partial charge < -0.3 is 10.2 Å². The van der Waals surface area contributed by atoms with Crippen molar-refractivity contribution in [3.8, 4) is 5.75 Å². The minimum absolute atomic E-state index is 0.0133. The Bertz CT molecular complexity index is 298. The molecule has 0 saturated heterocycles. The van der Waals surface area contributed by atoms with Crippen molar-refractivity contribution in [2.24, 2.45) is 0 Å². The van der Waals surface area contributed by atoms with Gasteiger partial charge in [-0.05, 0) is 17.7 Å². The van der Waals surface area contributed by atoms with Crippen LogP contribution in [0.5, 0.6) is 5.75 Å². The first kappa shape index (κ1) is 8.87. The highest BCUT2D eigenvalue weighted by atomic mass is 35.5. The number of carbonyl (C=O) groups is 1. The lowest BCUT2D eigenvalue weighted by atomic mass is 10.1. The first-order valence-corrected chi connectivity index (χ1v) is 3.70. The number of hydrogen-bond donors (Lipinski definition) is 2. The molecule has 1 unspecified atom stereocenters. The summed E-state index contributed by atoms with van der Waals surface area (Å²) in [6.45, 7) is 0. The molecule has 0 bridgehead atoms. The molecule has 0 radical (unpaired) electrons. The van der Waals surface area contributed by atoms with E-state index in [4.69, 9.17) is 21.8 Å². The van der Waals surface area contributed by atoms with Crippen molar-refractivity contribution in [2.75, 3.05) is 0 Å². The highest BCUT2D eigenvalue weighted by Crippen LogP contribution is 2.23. The van der Waals surface area contributed by atoms with Crippen molar-refractivity contribution >= 4 is 17.6 Å². The highest BCUT2D eigenvalue weighted by Gasteiger charge is 2.15. The van der Waals surface area contributed by atoms with Crippen molar-refractivity contribution in [3.63, 3.8) is 0 Å². The molecule has 0 aromatic heterocycles. The van der Waals surface area contributed by atoms with Crippen LogP contribution in [0.2, 0.25) is 0 Å². The van der Waals surface area contributed by atoms with Gasteiger partial charge in [0.1, 0.15) is 5.75 Å². The van der Waals surface area contributed by atoms with Gasteiger partial charge in [0.2, 0.25) is 0 Å². The lowest BCUT2D eigenvalue weighted by molar-refractivity contribution is -0.136. The lowest BCUT2D eigenvalue weighted by Gasteiger charge is -2.03. The van der Waals surface area contributed by atoms with Crippen LogP contribution in [0.25, 0.3) is 0 Å². The van der Waals surface area contributed by atoms with Gasteiger partial charge >= 0.3 is 5.97 Å². The van der Waals surface area contributed by atoms with Crippen LogP contribution in [0.15, 0.2) is 24.3 Å². The first-order valence-electron chi connectivity index (χ1n) is 3.27. The Morgan fingerprint density at radius 3 is 2.67 bits per heavy atom. The summed E-state index contributed by atoms with van der Waals surface area (Å²) in [6.07, 6.45) is 0. The van der Waals surface area contributed by atoms with Crippen molar-refractivity contribution < 1.29 is 15.0 Å². The fraction of sp³-hybridized carbons (Fsp3) is 0.125. The van der Waals surface area contributed by atoms with Crippen LogP contribution in [0.4, 0.5) is 0 Å². The zero-order valence-electron chi connectivity index (χ0n) is 6.07. The van der Waals surface area contributed by atoms with Crippen LogP contribution in [0, 0.1) is 0 Å². The Balaban J connectivity index is 2.95. The molecule has 64 valence electrons. The van der Waals surface area contributed by atoms with E-state index < -0.39 is 11.3 Å². The second-order valence-electron chi connectivity index (χ2n) is 2.30. The molecule has 0 amide bonds. The topological polar surface area (TPSA) is 57.5 Å². The van der Waals surface area contributed by atoms with Gasteiger partial charge in [-0.1, -0.05) is 12.1 Å². The van der Waals surface area contributed by atoms with Crippen LogP contribution < -0.4 is 0 Å². The predicted molar refractivity (Wildman–Crippen MR) is 44.3 cm³/mol. The number of rotatable bonds is 2. The minimum atomic E-state index is -1.12. The second kappa shape index (κ2) is 3.45. The molecule has 2 N–H and O–H groups in total. The SMILES string of the molecule is O=C(O)C(Cl)c1cccc(O)c1. The van der Waals surface area contributed by atoms with Crippen molar-refractivity contribution in [1.29, 1.82) is 0 Å². The molecule has 4 heteroatoms. The standard InChI is InChI=1S/C8H7ClO3/c9-7(8(11)12)5-2-1-3-6(10)4-5/h1-4,7,10H,(H,11,12). The normalized spacial score (nSPS) is 12.4. The summed E-state index contributed by atoms with van der Waals surface area (Å²) in [5.41, 5.74) is 0.379. The Kier molecular flexibility index (Phi) is 2.55. The lowest BCUT2D eigenvalue weighted by Crippen LogP contribution is -2.04. The van der Waals surface area contributed by atoms with E-state index in [0.29, 0.717) is 5.56 Å². The first-order chi connectivity index (χ1) is 5.61. The third-order valence-corrected chi connectivity index (χ3v) is 1.82. The number of carboxylic acids is 1. The molecule has 1 atom stereocenters. The summed E-state index contributed by atoms with van der Waals surface area (Å²) >= 11 is 5.50. The zero-order valence-corrected chi connectivity index (χ0v) is 6.82. The van der Waals surface area contributed by atoms with Gasteiger partial charge in [0.05, 0.1) is 0 Å². The summed E-state index contributed by atoms with van der Waals surface area (Å²) < 4.78 is 0. The summed E-state index contributed by atoms with van der Waals surface area (Å²) in [6, 6.07) is 5.87. The maximum Gasteiger partial charge on any atom is 0.326 e. The summed E-state index contributed by atoms with van der Waals surface area (Å²) in [4.78, 5) is 10.4. The highest BCUT2D eigenvalue weighted by molar-refractivity contribution is 6.29. The molecule has 0 fully saturated rings. The van der Waals surface area contributed by atoms with Gasteiger partial charge in [-0.2, -0.15) is 0 Å². The molecule has 0 spiro atoms. The van der Waals surface area contributed by atoms with E-state index >= 15 is 0 Å². The van der Waals surface area contributed by atoms with Crippen LogP contribution in [-0.2, 0) is 4.79 Å². The Morgan fingerprint density at radius 1 is 1.50 bits per heavy atom. The maximum absolute atomic E-state index is 10.4. The molecule has 0 aliphatic carbocycles. The third-order valence-electron chi connectivity index (χ3n) is 1.38. The number of alkyl halides is 1. The zero-order chi connectivity index (χ0) is 9.14. The van der Waals surface area contributed by atoms with Gasteiger partial charge in [0.15, 0.2) is 5.38 Å². The average molecular weight is 187 g/mol. The number of aromatic hydroxyl groups is 1. The van der Waals surface area contributed by atoms with Crippen LogP contribution in [0.3, 0.4) is 0 Å². The molecule has 0 heterocycles. The van der Waals surface area contributed by atoms with Crippen molar-refractivity contribution in [2.45, 2.75) is 5.38 Å². The maximum atomic E-state index is 10.4. The number of phenolic OH excluding ortho intramolecular Hbond substituents is 1. The molecule has 0 saturated carbocycles. The van der Waals surface area contributed by atoms with Crippen LogP contribution >= 0.6 is 11.6 Å². The van der Waals surface area contributed by atoms with Crippen molar-refractivity contribution in [3.05, 3.63) is 29.8 Å². The molecule has 1 rings (SSSR count). The van der Waals surface area contributed by atoms with E-state index in [1.54, 1.807) is 12.1 Å². The molecule has 1 aromatic rings. The number of aliphatic carboxylic acids is 1. The number of benzene rings is 1. The Labute approximate surface area is 74.2 Å². The van der Waals surface area contributed by atoms with E-state index in [2.05, 4.69) is 0 Å². The fourth-order valence-electron chi connectivity index (χ4n) is 0.825.